The molecule has 1 N–H and O–H groups in total. The van der Waals surface area contributed by atoms with Gasteiger partial charge in [0.1, 0.15) is 5.75 Å². The zero-order chi connectivity index (χ0) is 14.7. The Morgan fingerprint density at radius 1 is 1.40 bits per heavy atom. The normalized spacial score (nSPS) is 17.1. The van der Waals surface area contributed by atoms with Crippen LogP contribution in [-0.4, -0.2) is 50.2 Å². The van der Waals surface area contributed by atoms with Crippen LogP contribution in [0, 0.1) is 10.1 Å². The number of benzene rings is 1. The minimum absolute atomic E-state index is 0.0361. The molecular formula is C13H19N3O4. The van der Waals surface area contributed by atoms with E-state index >= 15 is 0 Å². The number of quaternary nitrogens is 1. The number of ether oxygens (including phenoxy) is 1. The number of rotatable bonds is 4. The Morgan fingerprint density at radius 3 is 2.60 bits per heavy atom. The zero-order valence-corrected chi connectivity index (χ0v) is 11.7. The first-order chi connectivity index (χ1) is 9.51. The van der Waals surface area contributed by atoms with Crippen molar-refractivity contribution in [2.45, 2.75) is 6.54 Å². The fourth-order valence-electron chi connectivity index (χ4n) is 2.35. The SMILES string of the molecule is COc1cc([N+](=O)[O-])cc(CN2CC[NH+](C)CC2)c1[O-]. The van der Waals surface area contributed by atoms with E-state index in [-0.39, 0.29) is 17.2 Å². The summed E-state index contributed by atoms with van der Waals surface area (Å²) in [6, 6.07) is 2.54. The Bertz CT molecular complexity index is 499. The van der Waals surface area contributed by atoms with E-state index in [1.54, 1.807) is 0 Å². The minimum atomic E-state index is -0.500. The van der Waals surface area contributed by atoms with Gasteiger partial charge < -0.3 is 14.7 Å². The third-order valence-electron chi connectivity index (χ3n) is 3.65. The number of piperazine rings is 1. The second-order valence-electron chi connectivity index (χ2n) is 5.13. The van der Waals surface area contributed by atoms with E-state index in [0.29, 0.717) is 12.1 Å². The summed E-state index contributed by atoms with van der Waals surface area (Å²) >= 11 is 0. The highest BCUT2D eigenvalue weighted by atomic mass is 16.6. The van der Waals surface area contributed by atoms with E-state index in [0.717, 1.165) is 26.2 Å². The predicted octanol–water partition coefficient (Wildman–Crippen LogP) is -0.993. The van der Waals surface area contributed by atoms with E-state index in [1.165, 1.54) is 24.1 Å². The molecule has 7 heteroatoms. The van der Waals surface area contributed by atoms with E-state index < -0.39 is 4.92 Å². The van der Waals surface area contributed by atoms with Crippen molar-refractivity contribution < 1.29 is 19.7 Å². The third kappa shape index (κ3) is 3.17. The molecule has 0 atom stereocenters. The summed E-state index contributed by atoms with van der Waals surface area (Å²) in [7, 11) is 3.48. The van der Waals surface area contributed by atoms with Crippen LogP contribution in [0.5, 0.6) is 11.5 Å². The van der Waals surface area contributed by atoms with E-state index in [9.17, 15) is 15.2 Å². The van der Waals surface area contributed by atoms with Crippen molar-refractivity contribution in [1.82, 2.24) is 4.90 Å². The highest BCUT2D eigenvalue weighted by molar-refractivity contribution is 5.52. The number of likely N-dealkylation sites (N-methyl/N-ethyl adjacent to an activating group) is 1. The smallest absolute Gasteiger partial charge is 0.273 e. The zero-order valence-electron chi connectivity index (χ0n) is 11.7. The van der Waals surface area contributed by atoms with Gasteiger partial charge in [0, 0.05) is 25.7 Å². The standard InChI is InChI=1S/C13H19N3O4/c1-14-3-5-15(6-4-14)9-10-7-11(16(18)19)8-12(20-2)13(10)17/h7-8,17H,3-6,9H2,1-2H3. The number of methoxy groups -OCH3 is 1. The summed E-state index contributed by atoms with van der Waals surface area (Å²) in [5.41, 5.74) is 0.326. The monoisotopic (exact) mass is 281 g/mol. The lowest BCUT2D eigenvalue weighted by atomic mass is 10.1. The van der Waals surface area contributed by atoms with Gasteiger partial charge in [-0.25, -0.2) is 0 Å². The summed E-state index contributed by atoms with van der Waals surface area (Å²) in [5, 5.41) is 23.0. The van der Waals surface area contributed by atoms with E-state index in [1.807, 2.05) is 0 Å². The van der Waals surface area contributed by atoms with Gasteiger partial charge in [0.25, 0.3) is 5.69 Å². The average molecular weight is 281 g/mol. The Labute approximate surface area is 117 Å². The lowest BCUT2D eigenvalue weighted by Gasteiger charge is -2.31. The quantitative estimate of drug-likeness (QED) is 0.566. The molecule has 0 unspecified atom stereocenters. The lowest BCUT2D eigenvalue weighted by molar-refractivity contribution is -0.884. The third-order valence-corrected chi connectivity index (χ3v) is 3.65. The van der Waals surface area contributed by atoms with Crippen molar-refractivity contribution in [3.63, 3.8) is 0 Å². The second kappa shape index (κ2) is 6.06. The Hall–Kier alpha value is -1.86. The predicted molar refractivity (Wildman–Crippen MR) is 71.0 cm³/mol. The Balaban J connectivity index is 2.21. The molecule has 0 saturated carbocycles. The van der Waals surface area contributed by atoms with Crippen LogP contribution < -0.4 is 14.7 Å². The average Bonchev–Trinajstić information content (AvgIpc) is 2.43. The molecule has 0 bridgehead atoms. The van der Waals surface area contributed by atoms with Gasteiger partial charge >= 0.3 is 0 Å². The number of nitrogens with one attached hydrogen (secondary N) is 1. The van der Waals surface area contributed by atoms with Crippen molar-refractivity contribution in [1.29, 1.82) is 0 Å². The molecule has 20 heavy (non-hydrogen) atoms. The van der Waals surface area contributed by atoms with Gasteiger partial charge in [-0.15, -0.1) is 0 Å². The van der Waals surface area contributed by atoms with Crippen molar-refractivity contribution in [3.05, 3.63) is 27.8 Å². The molecule has 2 rings (SSSR count). The maximum atomic E-state index is 12.1. The number of hydrogen-bond donors (Lipinski definition) is 1. The molecule has 110 valence electrons. The summed E-state index contributed by atoms with van der Waals surface area (Å²) < 4.78 is 4.94. The van der Waals surface area contributed by atoms with Gasteiger partial charge in [-0.1, -0.05) is 5.75 Å². The second-order valence-corrected chi connectivity index (χ2v) is 5.13. The van der Waals surface area contributed by atoms with Crippen molar-refractivity contribution >= 4 is 5.69 Å². The largest absolute Gasteiger partial charge is 0.870 e. The van der Waals surface area contributed by atoms with Gasteiger partial charge in [0.2, 0.25) is 0 Å². The molecule has 0 aromatic heterocycles. The first-order valence-electron chi connectivity index (χ1n) is 6.57. The van der Waals surface area contributed by atoms with Gasteiger partial charge in [-0.3, -0.25) is 15.0 Å². The number of non-ortho nitro benzene ring substituents is 1. The highest BCUT2D eigenvalue weighted by Crippen LogP contribution is 2.33. The Morgan fingerprint density at radius 2 is 2.05 bits per heavy atom. The van der Waals surface area contributed by atoms with Crippen LogP contribution in [0.15, 0.2) is 12.1 Å². The molecule has 0 aliphatic carbocycles. The summed E-state index contributed by atoms with van der Waals surface area (Å²) in [6.07, 6.45) is 0. The van der Waals surface area contributed by atoms with Gasteiger partial charge in [-0.2, -0.15) is 0 Å². The van der Waals surface area contributed by atoms with Gasteiger partial charge in [0.15, 0.2) is 0 Å². The summed E-state index contributed by atoms with van der Waals surface area (Å²) in [6.45, 7) is 4.23. The molecule has 1 aromatic carbocycles. The van der Waals surface area contributed by atoms with Gasteiger partial charge in [0.05, 0.1) is 38.2 Å². The van der Waals surface area contributed by atoms with Crippen LogP contribution in [0.2, 0.25) is 0 Å². The fraction of sp³-hybridized carbons (Fsp3) is 0.538. The van der Waals surface area contributed by atoms with Crippen molar-refractivity contribution in [2.75, 3.05) is 40.3 Å². The topological polar surface area (TPSA) is 83.1 Å². The maximum Gasteiger partial charge on any atom is 0.273 e. The fourth-order valence-corrected chi connectivity index (χ4v) is 2.35. The molecule has 1 aliphatic rings. The van der Waals surface area contributed by atoms with Crippen LogP contribution >= 0.6 is 0 Å². The van der Waals surface area contributed by atoms with Crippen LogP contribution in [0.3, 0.4) is 0 Å². The first kappa shape index (κ1) is 14.5. The number of hydrogen-bond acceptors (Lipinski definition) is 5. The van der Waals surface area contributed by atoms with Gasteiger partial charge in [-0.05, 0) is 5.56 Å². The molecule has 0 radical (unpaired) electrons. The first-order valence-corrected chi connectivity index (χ1v) is 6.57. The highest BCUT2D eigenvalue weighted by Gasteiger charge is 2.19. The Kier molecular flexibility index (Phi) is 4.41. The van der Waals surface area contributed by atoms with Crippen LogP contribution in [0.1, 0.15) is 5.56 Å². The van der Waals surface area contributed by atoms with Crippen molar-refractivity contribution in [2.24, 2.45) is 0 Å². The summed E-state index contributed by atoms with van der Waals surface area (Å²) in [5.74, 6) is -0.224. The molecule has 0 amide bonds. The molecule has 1 aliphatic heterocycles. The number of nitrogens with zero attached hydrogens (tertiary/aromatic N) is 2. The molecule has 7 nitrogen and oxygen atoms in total. The molecule has 1 heterocycles. The van der Waals surface area contributed by atoms with E-state index in [4.69, 9.17) is 4.74 Å². The number of nitro groups is 1. The number of nitro benzene ring substituents is 1. The maximum absolute atomic E-state index is 12.1. The molecular weight excluding hydrogens is 262 g/mol. The molecule has 0 spiro atoms. The lowest BCUT2D eigenvalue weighted by Crippen LogP contribution is -3.11. The minimum Gasteiger partial charge on any atom is -0.870 e. The van der Waals surface area contributed by atoms with E-state index in [2.05, 4.69) is 11.9 Å². The summed E-state index contributed by atoms with van der Waals surface area (Å²) in [4.78, 5) is 14.0. The van der Waals surface area contributed by atoms with Crippen LogP contribution in [-0.2, 0) is 6.54 Å². The molecule has 1 saturated heterocycles. The molecule has 1 fully saturated rings. The van der Waals surface area contributed by atoms with Crippen LogP contribution in [0.25, 0.3) is 0 Å². The molecule has 1 aromatic rings. The van der Waals surface area contributed by atoms with Crippen LogP contribution in [0.4, 0.5) is 5.69 Å². The van der Waals surface area contributed by atoms with Crippen molar-refractivity contribution in [3.8, 4) is 11.5 Å².